The third kappa shape index (κ3) is 2.96. The largest absolute Gasteiger partial charge is 0.352 e. The lowest BCUT2D eigenvalue weighted by atomic mass is 10.2. The molecule has 1 atom stereocenters. The van der Waals surface area contributed by atoms with Gasteiger partial charge in [-0.2, -0.15) is 0 Å². The highest BCUT2D eigenvalue weighted by Crippen LogP contribution is 2.13. The van der Waals surface area contributed by atoms with E-state index >= 15 is 0 Å². The molecule has 1 aromatic heterocycles. The number of nitrogens with zero attached hydrogens (tertiary/aromatic N) is 1. The minimum absolute atomic E-state index is 0.502. The topological polar surface area (TPSA) is 17.0 Å². The number of aryl methyl sites for hydroxylation is 1. The van der Waals surface area contributed by atoms with Gasteiger partial charge in [0.05, 0.1) is 0 Å². The highest BCUT2D eigenvalue weighted by Gasteiger charge is 2.06. The van der Waals surface area contributed by atoms with Crippen molar-refractivity contribution in [2.75, 3.05) is 0 Å². The van der Waals surface area contributed by atoms with Crippen molar-refractivity contribution in [1.82, 2.24) is 9.88 Å². The van der Waals surface area contributed by atoms with E-state index in [1.165, 1.54) is 17.0 Å². The van der Waals surface area contributed by atoms with Gasteiger partial charge in [0, 0.05) is 31.0 Å². The first-order valence-electron chi connectivity index (χ1n) is 5.52. The summed E-state index contributed by atoms with van der Waals surface area (Å²) in [5.41, 5.74) is 4.07. The molecule has 1 N–H and O–H groups in total. The Kier molecular flexibility index (Phi) is 4.15. The van der Waals surface area contributed by atoms with Gasteiger partial charge in [-0.05, 0) is 38.8 Å². The summed E-state index contributed by atoms with van der Waals surface area (Å²) in [4.78, 5) is 0. The van der Waals surface area contributed by atoms with E-state index in [0.717, 1.165) is 13.0 Å². The lowest BCUT2D eigenvalue weighted by Crippen LogP contribution is -2.24. The maximum absolute atomic E-state index is 3.75. The van der Waals surface area contributed by atoms with Crippen LogP contribution in [0.2, 0.25) is 0 Å². The highest BCUT2D eigenvalue weighted by atomic mass is 15.0. The van der Waals surface area contributed by atoms with Crippen molar-refractivity contribution >= 4 is 0 Å². The average Bonchev–Trinajstić information content (AvgIpc) is 2.43. The second kappa shape index (κ2) is 5.17. The van der Waals surface area contributed by atoms with Crippen LogP contribution in [0.5, 0.6) is 0 Å². The van der Waals surface area contributed by atoms with E-state index in [1.807, 2.05) is 6.08 Å². The second-order valence-electron chi connectivity index (χ2n) is 4.26. The molecular weight excluding hydrogens is 184 g/mol. The smallest absolute Gasteiger partial charge is 0.0225 e. The number of aromatic nitrogens is 1. The third-order valence-corrected chi connectivity index (χ3v) is 3.04. The first kappa shape index (κ1) is 12.1. The molecule has 1 rings (SSSR count). The van der Waals surface area contributed by atoms with E-state index in [0.29, 0.717) is 6.04 Å². The summed E-state index contributed by atoms with van der Waals surface area (Å²) < 4.78 is 2.23. The Morgan fingerprint density at radius 1 is 1.53 bits per heavy atom. The fraction of sp³-hybridized carbons (Fsp3) is 0.538. The molecule has 0 spiro atoms. The first-order valence-corrected chi connectivity index (χ1v) is 5.52. The van der Waals surface area contributed by atoms with Crippen molar-refractivity contribution in [3.8, 4) is 0 Å². The van der Waals surface area contributed by atoms with Crippen molar-refractivity contribution in [3.63, 3.8) is 0 Å². The summed E-state index contributed by atoms with van der Waals surface area (Å²) in [6.07, 6.45) is 2.98. The predicted molar refractivity (Wildman–Crippen MR) is 66.0 cm³/mol. The van der Waals surface area contributed by atoms with E-state index in [9.17, 15) is 0 Å². The van der Waals surface area contributed by atoms with Crippen molar-refractivity contribution in [3.05, 3.63) is 35.7 Å². The van der Waals surface area contributed by atoms with Crippen LogP contribution < -0.4 is 5.32 Å². The molecule has 0 saturated carbocycles. The van der Waals surface area contributed by atoms with E-state index in [4.69, 9.17) is 0 Å². The molecule has 0 aliphatic rings. The van der Waals surface area contributed by atoms with Crippen LogP contribution in [0.4, 0.5) is 0 Å². The minimum atomic E-state index is 0.502. The fourth-order valence-electron chi connectivity index (χ4n) is 1.73. The van der Waals surface area contributed by atoms with Crippen LogP contribution in [0.15, 0.2) is 18.7 Å². The number of nitrogens with one attached hydrogen (secondary N) is 1. The molecule has 2 heteroatoms. The van der Waals surface area contributed by atoms with Gasteiger partial charge in [-0.3, -0.25) is 0 Å². The summed E-state index contributed by atoms with van der Waals surface area (Å²) >= 11 is 0. The SMILES string of the molecule is C=CCC(C)NCc1cc(C)n(C)c1C. The molecule has 0 aliphatic carbocycles. The zero-order valence-electron chi connectivity index (χ0n) is 10.3. The predicted octanol–water partition coefficient (Wildman–Crippen LogP) is 2.70. The Morgan fingerprint density at radius 3 is 2.67 bits per heavy atom. The van der Waals surface area contributed by atoms with Gasteiger partial charge in [-0.15, -0.1) is 6.58 Å². The first-order chi connectivity index (χ1) is 7.06. The molecule has 0 aromatic carbocycles. The number of hydrogen-bond donors (Lipinski definition) is 1. The molecule has 1 heterocycles. The zero-order chi connectivity index (χ0) is 11.4. The second-order valence-corrected chi connectivity index (χ2v) is 4.26. The molecule has 84 valence electrons. The minimum Gasteiger partial charge on any atom is -0.352 e. The lowest BCUT2D eigenvalue weighted by molar-refractivity contribution is 0.552. The summed E-state index contributed by atoms with van der Waals surface area (Å²) in [6.45, 7) is 11.2. The van der Waals surface area contributed by atoms with Crippen LogP contribution in [0.25, 0.3) is 0 Å². The van der Waals surface area contributed by atoms with Gasteiger partial charge >= 0.3 is 0 Å². The molecule has 0 fully saturated rings. The monoisotopic (exact) mass is 206 g/mol. The number of hydrogen-bond acceptors (Lipinski definition) is 1. The van der Waals surface area contributed by atoms with Crippen LogP contribution in [-0.2, 0) is 13.6 Å². The molecule has 0 aliphatic heterocycles. The van der Waals surface area contributed by atoms with E-state index in [-0.39, 0.29) is 0 Å². The summed E-state index contributed by atoms with van der Waals surface area (Å²) in [5.74, 6) is 0. The van der Waals surface area contributed by atoms with Gasteiger partial charge < -0.3 is 9.88 Å². The molecule has 0 amide bonds. The quantitative estimate of drug-likeness (QED) is 0.733. The fourth-order valence-corrected chi connectivity index (χ4v) is 1.73. The lowest BCUT2D eigenvalue weighted by Gasteiger charge is -2.11. The van der Waals surface area contributed by atoms with Crippen LogP contribution in [0, 0.1) is 13.8 Å². The zero-order valence-corrected chi connectivity index (χ0v) is 10.3. The Morgan fingerprint density at radius 2 is 2.20 bits per heavy atom. The molecule has 1 unspecified atom stereocenters. The standard InChI is InChI=1S/C13H22N2/c1-6-7-10(2)14-9-13-8-11(3)15(5)12(13)4/h6,8,10,14H,1,7,9H2,2-5H3. The molecule has 0 bridgehead atoms. The van der Waals surface area contributed by atoms with Crippen molar-refractivity contribution in [2.45, 2.75) is 39.8 Å². The van der Waals surface area contributed by atoms with Crippen molar-refractivity contribution in [2.24, 2.45) is 7.05 Å². The van der Waals surface area contributed by atoms with E-state index in [2.05, 4.69) is 50.3 Å². The van der Waals surface area contributed by atoms with Gasteiger partial charge in [0.25, 0.3) is 0 Å². The molecule has 0 saturated heterocycles. The normalized spacial score (nSPS) is 12.8. The van der Waals surface area contributed by atoms with Crippen LogP contribution in [0.1, 0.15) is 30.3 Å². The maximum Gasteiger partial charge on any atom is 0.0225 e. The summed E-state index contributed by atoms with van der Waals surface area (Å²) in [5, 5.41) is 3.50. The van der Waals surface area contributed by atoms with Crippen LogP contribution in [0.3, 0.4) is 0 Å². The van der Waals surface area contributed by atoms with Gasteiger partial charge in [0.1, 0.15) is 0 Å². The van der Waals surface area contributed by atoms with Crippen LogP contribution >= 0.6 is 0 Å². The molecule has 0 radical (unpaired) electrons. The Labute approximate surface area is 93.0 Å². The van der Waals surface area contributed by atoms with Crippen LogP contribution in [-0.4, -0.2) is 10.6 Å². The number of rotatable bonds is 5. The van der Waals surface area contributed by atoms with Crippen molar-refractivity contribution in [1.29, 1.82) is 0 Å². The summed E-state index contributed by atoms with van der Waals surface area (Å²) in [7, 11) is 2.11. The maximum atomic E-state index is 3.75. The van der Waals surface area contributed by atoms with Gasteiger partial charge in [0.2, 0.25) is 0 Å². The van der Waals surface area contributed by atoms with Gasteiger partial charge in [-0.25, -0.2) is 0 Å². The summed E-state index contributed by atoms with van der Waals surface area (Å²) in [6, 6.07) is 2.76. The van der Waals surface area contributed by atoms with E-state index < -0.39 is 0 Å². The Hall–Kier alpha value is -1.02. The molecular formula is C13H22N2. The highest BCUT2D eigenvalue weighted by molar-refractivity contribution is 5.26. The Bertz CT molecular complexity index is 337. The van der Waals surface area contributed by atoms with Crippen molar-refractivity contribution < 1.29 is 0 Å². The molecule has 2 nitrogen and oxygen atoms in total. The molecule has 15 heavy (non-hydrogen) atoms. The Balaban J connectivity index is 2.57. The average molecular weight is 206 g/mol. The molecule has 1 aromatic rings. The van der Waals surface area contributed by atoms with E-state index in [1.54, 1.807) is 0 Å². The van der Waals surface area contributed by atoms with Gasteiger partial charge in [-0.1, -0.05) is 6.08 Å². The van der Waals surface area contributed by atoms with Gasteiger partial charge in [0.15, 0.2) is 0 Å². The third-order valence-electron chi connectivity index (χ3n) is 3.04.